The molecule has 4 heterocycles. The molecule has 0 saturated carbocycles. The van der Waals surface area contributed by atoms with E-state index in [1.54, 1.807) is 17.1 Å². The summed E-state index contributed by atoms with van der Waals surface area (Å²) in [5, 5.41) is 2.79. The minimum Gasteiger partial charge on any atom is -0.337 e. The zero-order valence-electron chi connectivity index (χ0n) is 13.3. The van der Waals surface area contributed by atoms with Crippen LogP contribution in [0.4, 0.5) is 0 Å². The molecule has 122 valence electrons. The van der Waals surface area contributed by atoms with Crippen LogP contribution in [-0.4, -0.2) is 43.8 Å². The van der Waals surface area contributed by atoms with Crippen molar-refractivity contribution in [2.24, 2.45) is 0 Å². The zero-order valence-corrected chi connectivity index (χ0v) is 14.2. The third-order valence-corrected chi connectivity index (χ3v) is 4.95. The van der Waals surface area contributed by atoms with Crippen LogP contribution in [0.3, 0.4) is 0 Å². The fourth-order valence-electron chi connectivity index (χ4n) is 3.27. The summed E-state index contributed by atoms with van der Waals surface area (Å²) < 4.78 is 0. The van der Waals surface area contributed by atoms with E-state index in [4.69, 9.17) is 0 Å². The highest BCUT2D eigenvalue weighted by Crippen LogP contribution is 2.30. The van der Waals surface area contributed by atoms with Crippen LogP contribution in [0.2, 0.25) is 0 Å². The second-order valence-corrected chi connectivity index (χ2v) is 6.71. The van der Waals surface area contributed by atoms with E-state index < -0.39 is 0 Å². The summed E-state index contributed by atoms with van der Waals surface area (Å²) in [6.07, 6.45) is 3.73. The molecule has 0 N–H and O–H groups in total. The molecule has 1 saturated heterocycles. The number of pyridine rings is 1. The van der Waals surface area contributed by atoms with Crippen molar-refractivity contribution >= 4 is 28.3 Å². The average Bonchev–Trinajstić information content (AvgIpc) is 3.15. The Morgan fingerprint density at radius 1 is 1.33 bits per heavy atom. The fourth-order valence-corrected chi connectivity index (χ4v) is 3.80. The summed E-state index contributed by atoms with van der Waals surface area (Å²) in [4.78, 5) is 32.1. The minimum absolute atomic E-state index is 0.00848. The molecule has 6 nitrogen and oxygen atoms in total. The first-order valence-corrected chi connectivity index (χ1v) is 8.93. The molecule has 3 aromatic heterocycles. The van der Waals surface area contributed by atoms with Crippen LogP contribution in [0.5, 0.6) is 0 Å². The highest BCUT2D eigenvalue weighted by atomic mass is 32.1. The van der Waals surface area contributed by atoms with Gasteiger partial charge in [0.2, 0.25) is 0 Å². The van der Waals surface area contributed by atoms with Gasteiger partial charge in [-0.1, -0.05) is 0 Å². The van der Waals surface area contributed by atoms with Crippen LogP contribution in [0.15, 0.2) is 29.2 Å². The molecular formula is C17H17N5OS. The first-order valence-electron chi connectivity index (χ1n) is 7.99. The van der Waals surface area contributed by atoms with Gasteiger partial charge in [-0.2, -0.15) is 0 Å². The summed E-state index contributed by atoms with van der Waals surface area (Å²) in [6.45, 7) is 3.32. The molecule has 1 fully saturated rings. The molecule has 0 aromatic carbocycles. The molecule has 0 spiro atoms. The molecular weight excluding hydrogens is 322 g/mol. The van der Waals surface area contributed by atoms with E-state index in [0.29, 0.717) is 12.2 Å². The maximum Gasteiger partial charge on any atom is 0.273 e. The van der Waals surface area contributed by atoms with Gasteiger partial charge >= 0.3 is 0 Å². The first-order chi connectivity index (χ1) is 11.7. The van der Waals surface area contributed by atoms with Crippen LogP contribution in [-0.2, 0) is 0 Å². The predicted molar refractivity (Wildman–Crippen MR) is 92.1 cm³/mol. The number of nitrogens with zero attached hydrogens (tertiary/aromatic N) is 5. The highest BCUT2D eigenvalue weighted by Gasteiger charge is 2.28. The van der Waals surface area contributed by atoms with Crippen LogP contribution in [0.1, 0.15) is 40.8 Å². The van der Waals surface area contributed by atoms with Crippen LogP contribution in [0, 0.1) is 6.92 Å². The van der Waals surface area contributed by atoms with Gasteiger partial charge in [0.1, 0.15) is 11.5 Å². The van der Waals surface area contributed by atoms with Crippen LogP contribution >= 0.6 is 11.3 Å². The number of carbonyl (C=O) groups is 1. The van der Waals surface area contributed by atoms with Crippen molar-refractivity contribution in [3.8, 4) is 0 Å². The molecule has 7 heteroatoms. The number of fused-ring (bicyclic) bond motifs is 1. The number of amides is 1. The van der Waals surface area contributed by atoms with Crippen LogP contribution in [0.25, 0.3) is 11.0 Å². The molecule has 1 amide bonds. The van der Waals surface area contributed by atoms with Crippen molar-refractivity contribution in [3.63, 3.8) is 0 Å². The number of aryl methyl sites for hydroxylation is 1. The Labute approximate surface area is 143 Å². The number of hydrogen-bond donors (Lipinski definition) is 0. The lowest BCUT2D eigenvalue weighted by Crippen LogP contribution is -2.39. The van der Waals surface area contributed by atoms with Gasteiger partial charge in [-0.05, 0) is 31.9 Å². The predicted octanol–water partition coefficient (Wildman–Crippen LogP) is 2.81. The molecule has 24 heavy (non-hydrogen) atoms. The van der Waals surface area contributed by atoms with Gasteiger partial charge in [0, 0.05) is 36.0 Å². The van der Waals surface area contributed by atoms with Gasteiger partial charge < -0.3 is 4.90 Å². The maximum atomic E-state index is 12.6. The maximum absolute atomic E-state index is 12.6. The van der Waals surface area contributed by atoms with Crippen molar-refractivity contribution in [2.45, 2.75) is 25.7 Å². The molecule has 1 aliphatic rings. The van der Waals surface area contributed by atoms with E-state index >= 15 is 0 Å². The van der Waals surface area contributed by atoms with Crippen molar-refractivity contribution in [1.29, 1.82) is 0 Å². The number of aromatic nitrogens is 4. The largest absolute Gasteiger partial charge is 0.337 e. The summed E-state index contributed by atoms with van der Waals surface area (Å²) in [5.74, 6) is 0.933. The van der Waals surface area contributed by atoms with Gasteiger partial charge in [0.25, 0.3) is 5.91 Å². The Morgan fingerprint density at radius 2 is 2.25 bits per heavy atom. The third kappa shape index (κ3) is 2.75. The van der Waals surface area contributed by atoms with E-state index in [1.165, 1.54) is 11.3 Å². The van der Waals surface area contributed by atoms with Crippen molar-refractivity contribution < 1.29 is 4.79 Å². The van der Waals surface area contributed by atoms with E-state index in [0.717, 1.165) is 41.9 Å². The first kappa shape index (κ1) is 15.1. The molecule has 3 aromatic rings. The molecule has 0 bridgehead atoms. The highest BCUT2D eigenvalue weighted by molar-refractivity contribution is 7.07. The van der Waals surface area contributed by atoms with E-state index in [1.807, 2.05) is 24.0 Å². The molecule has 0 unspecified atom stereocenters. The van der Waals surface area contributed by atoms with Crippen molar-refractivity contribution in [2.75, 3.05) is 13.1 Å². The molecule has 1 aliphatic heterocycles. The van der Waals surface area contributed by atoms with Gasteiger partial charge in [-0.25, -0.2) is 19.9 Å². The Hall–Kier alpha value is -2.41. The standard InChI is InChI=1S/C17H17N5OS/c1-11-20-15(13-5-2-6-18-16(13)21-11)12-4-3-7-22(8-12)17(23)14-9-24-10-19-14/h2,5-6,9-10,12H,3-4,7-8H2,1H3/t12-/m0/s1. The second kappa shape index (κ2) is 6.24. The topological polar surface area (TPSA) is 71.9 Å². The number of hydrogen-bond acceptors (Lipinski definition) is 6. The van der Waals surface area contributed by atoms with Gasteiger partial charge in [0.15, 0.2) is 5.65 Å². The number of thiazole rings is 1. The Morgan fingerprint density at radius 3 is 3.08 bits per heavy atom. The van der Waals surface area contributed by atoms with E-state index in [9.17, 15) is 4.79 Å². The van der Waals surface area contributed by atoms with Gasteiger partial charge in [-0.3, -0.25) is 4.79 Å². The number of piperidine rings is 1. The fraction of sp³-hybridized carbons (Fsp3) is 0.353. The summed E-state index contributed by atoms with van der Waals surface area (Å²) in [5.41, 5.74) is 3.96. The Kier molecular flexibility index (Phi) is 3.93. The average molecular weight is 339 g/mol. The number of likely N-dealkylation sites (tertiary alicyclic amines) is 1. The molecule has 0 aliphatic carbocycles. The third-order valence-electron chi connectivity index (χ3n) is 4.36. The monoisotopic (exact) mass is 339 g/mol. The van der Waals surface area contributed by atoms with E-state index in [2.05, 4.69) is 19.9 Å². The van der Waals surface area contributed by atoms with E-state index in [-0.39, 0.29) is 11.8 Å². The lowest BCUT2D eigenvalue weighted by Gasteiger charge is -2.32. The van der Waals surface area contributed by atoms with Crippen molar-refractivity contribution in [1.82, 2.24) is 24.8 Å². The minimum atomic E-state index is 0.00848. The Balaban J connectivity index is 1.66. The summed E-state index contributed by atoms with van der Waals surface area (Å²) >= 11 is 1.45. The smallest absolute Gasteiger partial charge is 0.273 e. The van der Waals surface area contributed by atoms with Gasteiger partial charge in [-0.15, -0.1) is 11.3 Å². The SMILES string of the molecule is Cc1nc([C@H]2CCCN(C(=O)c3cscn3)C2)c2cccnc2n1. The lowest BCUT2D eigenvalue weighted by molar-refractivity contribution is 0.0701. The lowest BCUT2D eigenvalue weighted by atomic mass is 9.92. The Bertz CT molecular complexity index is 880. The normalized spacial score (nSPS) is 18.0. The van der Waals surface area contributed by atoms with Crippen molar-refractivity contribution in [3.05, 3.63) is 46.4 Å². The zero-order chi connectivity index (χ0) is 16.5. The summed E-state index contributed by atoms with van der Waals surface area (Å²) in [7, 11) is 0. The van der Waals surface area contributed by atoms with Crippen LogP contribution < -0.4 is 0 Å². The molecule has 0 radical (unpaired) electrons. The number of carbonyl (C=O) groups excluding carboxylic acids is 1. The van der Waals surface area contributed by atoms with Gasteiger partial charge in [0.05, 0.1) is 11.2 Å². The molecule has 4 rings (SSSR count). The summed E-state index contributed by atoms with van der Waals surface area (Å²) in [6, 6.07) is 3.92. The second-order valence-electron chi connectivity index (χ2n) is 5.99. The quantitative estimate of drug-likeness (QED) is 0.718. The number of rotatable bonds is 2. The molecule has 1 atom stereocenters.